The number of carbonyl (C=O) groups excluding carboxylic acids is 1. The van der Waals surface area contributed by atoms with Crippen LogP contribution in [-0.2, 0) is 6.61 Å². The number of halogens is 1. The number of aromatic hydroxyl groups is 1. The Morgan fingerprint density at radius 3 is 2.66 bits per heavy atom. The number of ether oxygens (including phenoxy) is 1. The Morgan fingerprint density at radius 1 is 1.09 bits per heavy atom. The molecule has 1 N–H and O–H groups in total. The molecule has 3 aromatic rings. The van der Waals surface area contributed by atoms with Crippen molar-refractivity contribution in [2.75, 3.05) is 11.7 Å². The number of hydrogen-bond acceptors (Lipinski definition) is 5. The zero-order valence-corrected chi connectivity index (χ0v) is 18.4. The highest BCUT2D eigenvalue weighted by Gasteiger charge is 2.39. The molecule has 0 fully saturated rings. The third-order valence-electron chi connectivity index (χ3n) is 6.01. The molecule has 2 aromatic carbocycles. The fraction of sp³-hybridized carbons (Fsp3) is 0.250. The lowest BCUT2D eigenvalue weighted by molar-refractivity contribution is 0.0621. The Bertz CT molecular complexity index is 1290. The SMILES string of the molecule is CC(C)N1CN(C2c3cc(Cl)ccc3COc3ccccc32)n2ccc(=O)c(O)c2C1=O. The molecule has 1 aromatic heterocycles. The zero-order valence-electron chi connectivity index (χ0n) is 17.7. The normalized spacial score (nSPS) is 17.4. The average molecular weight is 452 g/mol. The second kappa shape index (κ2) is 7.60. The minimum atomic E-state index is -0.594. The van der Waals surface area contributed by atoms with E-state index in [0.717, 1.165) is 22.4 Å². The Balaban J connectivity index is 1.80. The maximum atomic E-state index is 13.2. The number of aromatic nitrogens is 1. The standard InChI is InChI=1S/C24H22ClN3O4/c1-14(2)26-13-28(27-10-9-19(29)23(30)22(27)24(26)31)21-17-5-3-4-6-20(17)32-12-15-7-8-16(25)11-18(15)21/h3-11,14,21,30H,12-13H2,1-2H3. The predicted octanol–water partition coefficient (Wildman–Crippen LogP) is 3.65. The number of fused-ring (bicyclic) bond motifs is 3. The third-order valence-corrected chi connectivity index (χ3v) is 6.25. The van der Waals surface area contributed by atoms with Crippen LogP contribution < -0.4 is 15.2 Å². The van der Waals surface area contributed by atoms with Crippen molar-refractivity contribution in [2.45, 2.75) is 32.5 Å². The highest BCUT2D eigenvalue weighted by atomic mass is 35.5. The van der Waals surface area contributed by atoms with Crippen LogP contribution in [0.4, 0.5) is 0 Å². The fourth-order valence-electron chi connectivity index (χ4n) is 4.39. The van der Waals surface area contributed by atoms with Crippen molar-refractivity contribution in [2.24, 2.45) is 0 Å². The smallest absolute Gasteiger partial charge is 0.278 e. The van der Waals surface area contributed by atoms with Crippen LogP contribution in [0, 0.1) is 0 Å². The van der Waals surface area contributed by atoms with Crippen molar-refractivity contribution in [1.82, 2.24) is 9.58 Å². The maximum Gasteiger partial charge on any atom is 0.278 e. The molecule has 0 saturated carbocycles. The number of rotatable bonds is 2. The first-order chi connectivity index (χ1) is 15.4. The third kappa shape index (κ3) is 3.12. The minimum absolute atomic E-state index is 0.0522. The average Bonchev–Trinajstić information content (AvgIpc) is 2.93. The molecule has 0 bridgehead atoms. The monoisotopic (exact) mass is 451 g/mol. The number of benzene rings is 2. The number of amides is 1. The highest BCUT2D eigenvalue weighted by Crippen LogP contribution is 2.41. The van der Waals surface area contributed by atoms with E-state index in [2.05, 4.69) is 0 Å². The van der Waals surface area contributed by atoms with Gasteiger partial charge in [0.2, 0.25) is 5.43 Å². The molecule has 1 unspecified atom stereocenters. The molecule has 7 nitrogen and oxygen atoms in total. The molecule has 3 heterocycles. The predicted molar refractivity (Wildman–Crippen MR) is 121 cm³/mol. The van der Waals surface area contributed by atoms with Gasteiger partial charge in [-0.1, -0.05) is 35.9 Å². The van der Waals surface area contributed by atoms with Crippen molar-refractivity contribution in [3.8, 4) is 11.5 Å². The van der Waals surface area contributed by atoms with Gasteiger partial charge in [0.25, 0.3) is 5.91 Å². The van der Waals surface area contributed by atoms with Gasteiger partial charge in [-0.05, 0) is 43.2 Å². The molecular formula is C24H22ClN3O4. The van der Waals surface area contributed by atoms with Gasteiger partial charge in [-0.25, -0.2) is 0 Å². The van der Waals surface area contributed by atoms with E-state index in [1.165, 1.54) is 12.3 Å². The van der Waals surface area contributed by atoms with E-state index < -0.39 is 17.1 Å². The summed E-state index contributed by atoms with van der Waals surface area (Å²) in [5.74, 6) is -0.224. The van der Waals surface area contributed by atoms with Crippen LogP contribution in [0.5, 0.6) is 11.5 Å². The van der Waals surface area contributed by atoms with Crippen molar-refractivity contribution in [1.29, 1.82) is 0 Å². The van der Waals surface area contributed by atoms with E-state index in [-0.39, 0.29) is 24.4 Å². The summed E-state index contributed by atoms with van der Waals surface area (Å²) in [6.07, 6.45) is 1.53. The van der Waals surface area contributed by atoms with Gasteiger partial charge in [0.15, 0.2) is 11.4 Å². The largest absolute Gasteiger partial charge is 0.502 e. The lowest BCUT2D eigenvalue weighted by Gasteiger charge is -2.45. The summed E-state index contributed by atoms with van der Waals surface area (Å²) < 4.78 is 7.68. The summed E-state index contributed by atoms with van der Waals surface area (Å²) in [4.78, 5) is 27.0. The van der Waals surface area contributed by atoms with Crippen LogP contribution in [-0.4, -0.2) is 33.3 Å². The molecule has 32 heavy (non-hydrogen) atoms. The van der Waals surface area contributed by atoms with E-state index >= 15 is 0 Å². The summed E-state index contributed by atoms with van der Waals surface area (Å²) in [5, 5.41) is 13.1. The first kappa shape index (κ1) is 20.5. The van der Waals surface area contributed by atoms with Crippen LogP contribution in [0.15, 0.2) is 59.5 Å². The summed E-state index contributed by atoms with van der Waals surface area (Å²) in [6.45, 7) is 4.43. The van der Waals surface area contributed by atoms with Crippen LogP contribution in [0.3, 0.4) is 0 Å². The first-order valence-electron chi connectivity index (χ1n) is 10.4. The van der Waals surface area contributed by atoms with E-state index in [0.29, 0.717) is 11.6 Å². The molecule has 0 saturated heterocycles. The first-order valence-corrected chi connectivity index (χ1v) is 10.8. The number of carbonyl (C=O) groups is 1. The molecular weight excluding hydrogens is 430 g/mol. The summed E-state index contributed by atoms with van der Waals surface area (Å²) in [7, 11) is 0. The molecule has 0 aliphatic carbocycles. The zero-order chi connectivity index (χ0) is 22.6. The Morgan fingerprint density at radius 2 is 1.88 bits per heavy atom. The molecule has 0 spiro atoms. The van der Waals surface area contributed by atoms with E-state index in [4.69, 9.17) is 16.3 Å². The van der Waals surface area contributed by atoms with Gasteiger partial charge < -0.3 is 14.7 Å². The second-order valence-electron chi connectivity index (χ2n) is 8.24. The van der Waals surface area contributed by atoms with Gasteiger partial charge >= 0.3 is 0 Å². The van der Waals surface area contributed by atoms with Gasteiger partial charge in [0.05, 0.1) is 0 Å². The van der Waals surface area contributed by atoms with Crippen molar-refractivity contribution in [3.05, 3.63) is 92.4 Å². The van der Waals surface area contributed by atoms with E-state index in [1.807, 2.05) is 61.3 Å². The quantitative estimate of drug-likeness (QED) is 0.643. The Labute approximate surface area is 190 Å². The number of para-hydroxylation sites is 1. The molecule has 5 rings (SSSR count). The Hall–Kier alpha value is -3.45. The Kier molecular flexibility index (Phi) is 4.86. The molecule has 0 radical (unpaired) electrons. The molecule has 164 valence electrons. The maximum absolute atomic E-state index is 13.2. The van der Waals surface area contributed by atoms with E-state index in [1.54, 1.807) is 9.58 Å². The van der Waals surface area contributed by atoms with Gasteiger partial charge in [-0.15, -0.1) is 0 Å². The van der Waals surface area contributed by atoms with Gasteiger partial charge in [-0.3, -0.25) is 19.3 Å². The number of hydrogen-bond donors (Lipinski definition) is 1. The molecule has 2 aliphatic rings. The summed E-state index contributed by atoms with van der Waals surface area (Å²) in [6, 6.07) is 14.2. The van der Waals surface area contributed by atoms with E-state index in [9.17, 15) is 14.7 Å². The lowest BCUT2D eigenvalue weighted by atomic mass is 9.94. The van der Waals surface area contributed by atoms with Crippen LogP contribution >= 0.6 is 11.6 Å². The molecule has 2 aliphatic heterocycles. The minimum Gasteiger partial charge on any atom is -0.502 e. The topological polar surface area (TPSA) is 75.0 Å². The summed E-state index contributed by atoms with van der Waals surface area (Å²) >= 11 is 6.40. The molecule has 8 heteroatoms. The lowest BCUT2D eigenvalue weighted by Crippen LogP contribution is -2.57. The fourth-order valence-corrected chi connectivity index (χ4v) is 4.57. The molecule has 1 amide bonds. The highest BCUT2D eigenvalue weighted by molar-refractivity contribution is 6.30. The van der Waals surface area contributed by atoms with Gasteiger partial charge in [-0.2, -0.15) is 0 Å². The van der Waals surface area contributed by atoms with Crippen molar-refractivity contribution in [3.63, 3.8) is 0 Å². The second-order valence-corrected chi connectivity index (χ2v) is 8.68. The van der Waals surface area contributed by atoms with Crippen molar-refractivity contribution < 1.29 is 14.6 Å². The number of nitrogens with zero attached hydrogens (tertiary/aromatic N) is 3. The number of pyridine rings is 1. The van der Waals surface area contributed by atoms with Crippen LogP contribution in [0.2, 0.25) is 5.02 Å². The van der Waals surface area contributed by atoms with Crippen molar-refractivity contribution >= 4 is 17.5 Å². The van der Waals surface area contributed by atoms with Gasteiger partial charge in [0, 0.05) is 28.9 Å². The molecule has 1 atom stereocenters. The van der Waals surface area contributed by atoms with Gasteiger partial charge in [0.1, 0.15) is 25.1 Å². The summed E-state index contributed by atoms with van der Waals surface area (Å²) in [5.41, 5.74) is 2.16. The van der Waals surface area contributed by atoms with Crippen LogP contribution in [0.25, 0.3) is 0 Å². The van der Waals surface area contributed by atoms with Crippen LogP contribution in [0.1, 0.15) is 47.1 Å².